The monoisotopic (exact) mass is 279 g/mol. The van der Waals surface area contributed by atoms with Gasteiger partial charge in [0.25, 0.3) is 0 Å². The number of hydrogen-bond donors (Lipinski definition) is 1. The number of phenolic OH excluding ortho intramolecular Hbond substituents is 1. The van der Waals surface area contributed by atoms with Crippen LogP contribution in [0.2, 0.25) is 0 Å². The summed E-state index contributed by atoms with van der Waals surface area (Å²) in [6.45, 7) is 6.94. The van der Waals surface area contributed by atoms with Crippen molar-refractivity contribution >= 4 is 5.78 Å². The van der Waals surface area contributed by atoms with Gasteiger partial charge in [-0.05, 0) is 51.7 Å². The Bertz CT molecular complexity index is 509. The van der Waals surface area contributed by atoms with Crippen molar-refractivity contribution in [2.24, 2.45) is 5.92 Å². The third-order valence-corrected chi connectivity index (χ3v) is 3.83. The van der Waals surface area contributed by atoms with Crippen molar-refractivity contribution in [3.8, 4) is 5.75 Å². The number of aromatic hydroxyl groups is 1. The molecule has 1 aromatic rings. The summed E-state index contributed by atoms with van der Waals surface area (Å²) in [6, 6.07) is 2.74. The molecule has 1 fully saturated rings. The largest absolute Gasteiger partial charge is 0.507 e. The van der Waals surface area contributed by atoms with E-state index in [1.807, 2.05) is 0 Å². The summed E-state index contributed by atoms with van der Waals surface area (Å²) in [4.78, 5) is 13.7. The Morgan fingerprint density at radius 2 is 2.10 bits per heavy atom. The van der Waals surface area contributed by atoms with Crippen LogP contribution in [0.25, 0.3) is 0 Å². The molecule has 20 heavy (non-hydrogen) atoms. The fourth-order valence-electron chi connectivity index (χ4n) is 2.35. The van der Waals surface area contributed by atoms with Crippen molar-refractivity contribution in [2.75, 3.05) is 6.54 Å². The SMILES string of the molecule is CC(=O)c1cc(F)cc(CN(CC2CC2)C(C)C)c1O. The molecule has 0 atom stereocenters. The predicted octanol–water partition coefficient (Wildman–Crippen LogP) is 3.35. The van der Waals surface area contributed by atoms with E-state index >= 15 is 0 Å². The molecule has 2 rings (SSSR count). The smallest absolute Gasteiger partial charge is 0.163 e. The molecule has 1 N–H and O–H groups in total. The highest BCUT2D eigenvalue weighted by molar-refractivity contribution is 5.97. The van der Waals surface area contributed by atoms with Crippen LogP contribution in [-0.4, -0.2) is 28.4 Å². The average molecular weight is 279 g/mol. The molecule has 1 saturated carbocycles. The van der Waals surface area contributed by atoms with Gasteiger partial charge in [0.15, 0.2) is 5.78 Å². The van der Waals surface area contributed by atoms with Gasteiger partial charge in [-0.1, -0.05) is 0 Å². The third-order valence-electron chi connectivity index (χ3n) is 3.83. The van der Waals surface area contributed by atoms with E-state index in [0.29, 0.717) is 18.2 Å². The Hall–Kier alpha value is -1.42. The fraction of sp³-hybridized carbons (Fsp3) is 0.562. The molecule has 0 saturated heterocycles. The standard InChI is InChI=1S/C16H22FNO2/c1-10(2)18(8-12-4-5-12)9-13-6-14(17)7-15(11(3)19)16(13)20/h6-7,10,12,20H,4-5,8-9H2,1-3H3. The highest BCUT2D eigenvalue weighted by atomic mass is 19.1. The number of halogens is 1. The van der Waals surface area contributed by atoms with Crippen molar-refractivity contribution in [3.05, 3.63) is 29.1 Å². The van der Waals surface area contributed by atoms with E-state index < -0.39 is 5.82 Å². The number of benzene rings is 1. The number of carbonyl (C=O) groups excluding carboxylic acids is 1. The zero-order valence-electron chi connectivity index (χ0n) is 12.3. The number of rotatable bonds is 6. The lowest BCUT2D eigenvalue weighted by molar-refractivity contribution is 0.101. The van der Waals surface area contributed by atoms with Gasteiger partial charge < -0.3 is 5.11 Å². The number of Topliss-reactive ketones (excluding diaryl/α,β-unsaturated/α-hetero) is 1. The molecule has 1 aromatic carbocycles. The van der Waals surface area contributed by atoms with Crippen LogP contribution in [0.1, 0.15) is 49.5 Å². The summed E-state index contributed by atoms with van der Waals surface area (Å²) in [6.07, 6.45) is 2.49. The zero-order chi connectivity index (χ0) is 14.9. The van der Waals surface area contributed by atoms with Crippen molar-refractivity contribution in [1.29, 1.82) is 0 Å². The molecule has 1 aliphatic carbocycles. The van der Waals surface area contributed by atoms with E-state index in [1.54, 1.807) is 0 Å². The van der Waals surface area contributed by atoms with Gasteiger partial charge in [0.2, 0.25) is 0 Å². The minimum atomic E-state index is -0.474. The van der Waals surface area contributed by atoms with E-state index in [0.717, 1.165) is 18.5 Å². The second-order valence-electron chi connectivity index (χ2n) is 5.98. The van der Waals surface area contributed by atoms with Gasteiger partial charge >= 0.3 is 0 Å². The molecule has 0 aliphatic heterocycles. The number of hydrogen-bond acceptors (Lipinski definition) is 3. The van der Waals surface area contributed by atoms with Crippen LogP contribution in [0.5, 0.6) is 5.75 Å². The summed E-state index contributed by atoms with van der Waals surface area (Å²) < 4.78 is 13.6. The maximum absolute atomic E-state index is 13.6. The first-order valence-electron chi connectivity index (χ1n) is 7.15. The molecule has 0 unspecified atom stereocenters. The van der Waals surface area contributed by atoms with Crippen molar-refractivity contribution < 1.29 is 14.3 Å². The molecule has 0 radical (unpaired) electrons. The zero-order valence-corrected chi connectivity index (χ0v) is 12.3. The molecule has 0 heterocycles. The summed E-state index contributed by atoms with van der Waals surface area (Å²) in [7, 11) is 0. The van der Waals surface area contributed by atoms with Gasteiger partial charge in [0.05, 0.1) is 5.56 Å². The van der Waals surface area contributed by atoms with Gasteiger partial charge in [0.1, 0.15) is 11.6 Å². The molecule has 3 nitrogen and oxygen atoms in total. The molecule has 0 bridgehead atoms. The first-order valence-corrected chi connectivity index (χ1v) is 7.15. The van der Waals surface area contributed by atoms with E-state index in [-0.39, 0.29) is 17.1 Å². The average Bonchev–Trinajstić information content (AvgIpc) is 3.15. The Balaban J connectivity index is 2.24. The molecule has 110 valence electrons. The van der Waals surface area contributed by atoms with Gasteiger partial charge in [0, 0.05) is 24.7 Å². The molecular formula is C16H22FNO2. The van der Waals surface area contributed by atoms with Crippen LogP contribution in [0.4, 0.5) is 4.39 Å². The molecule has 0 spiro atoms. The Kier molecular flexibility index (Phi) is 4.43. The van der Waals surface area contributed by atoms with Crippen molar-refractivity contribution in [1.82, 2.24) is 4.90 Å². The van der Waals surface area contributed by atoms with Crippen LogP contribution in [0, 0.1) is 11.7 Å². The second-order valence-corrected chi connectivity index (χ2v) is 5.98. The maximum Gasteiger partial charge on any atom is 0.163 e. The molecule has 0 aromatic heterocycles. The molecule has 4 heteroatoms. The van der Waals surface area contributed by atoms with Gasteiger partial charge in [-0.15, -0.1) is 0 Å². The van der Waals surface area contributed by atoms with Crippen molar-refractivity contribution in [3.63, 3.8) is 0 Å². The molecule has 0 amide bonds. The molecular weight excluding hydrogens is 257 g/mol. The van der Waals surface area contributed by atoms with Gasteiger partial charge in [-0.25, -0.2) is 4.39 Å². The van der Waals surface area contributed by atoms with Crippen molar-refractivity contribution in [2.45, 2.75) is 46.2 Å². The van der Waals surface area contributed by atoms with E-state index in [4.69, 9.17) is 0 Å². The predicted molar refractivity (Wildman–Crippen MR) is 76.3 cm³/mol. The van der Waals surface area contributed by atoms with Crippen LogP contribution in [-0.2, 0) is 6.54 Å². The minimum Gasteiger partial charge on any atom is -0.507 e. The van der Waals surface area contributed by atoms with E-state index in [1.165, 1.54) is 25.8 Å². The van der Waals surface area contributed by atoms with Crippen LogP contribution in [0.3, 0.4) is 0 Å². The lowest BCUT2D eigenvalue weighted by Crippen LogP contribution is -2.32. The van der Waals surface area contributed by atoms with E-state index in [2.05, 4.69) is 18.7 Å². The lowest BCUT2D eigenvalue weighted by Gasteiger charge is -2.27. The Morgan fingerprint density at radius 3 is 2.60 bits per heavy atom. The molecule has 1 aliphatic rings. The summed E-state index contributed by atoms with van der Waals surface area (Å²) in [5, 5.41) is 10.1. The first kappa shape index (κ1) is 15.0. The Morgan fingerprint density at radius 1 is 1.45 bits per heavy atom. The minimum absolute atomic E-state index is 0.0649. The third kappa shape index (κ3) is 3.57. The number of ketones is 1. The maximum atomic E-state index is 13.6. The lowest BCUT2D eigenvalue weighted by atomic mass is 10.0. The van der Waals surface area contributed by atoms with Crippen LogP contribution >= 0.6 is 0 Å². The summed E-state index contributed by atoms with van der Waals surface area (Å²) >= 11 is 0. The summed E-state index contributed by atoms with van der Waals surface area (Å²) in [5.41, 5.74) is 0.555. The highest BCUT2D eigenvalue weighted by Gasteiger charge is 2.26. The van der Waals surface area contributed by atoms with Crippen LogP contribution < -0.4 is 0 Å². The highest BCUT2D eigenvalue weighted by Crippen LogP contribution is 2.32. The normalized spacial score (nSPS) is 15.1. The van der Waals surface area contributed by atoms with Gasteiger partial charge in [-0.3, -0.25) is 9.69 Å². The fourth-order valence-corrected chi connectivity index (χ4v) is 2.35. The van der Waals surface area contributed by atoms with Gasteiger partial charge in [-0.2, -0.15) is 0 Å². The number of nitrogens with zero attached hydrogens (tertiary/aromatic N) is 1. The first-order chi connectivity index (χ1) is 9.38. The quantitative estimate of drug-likeness (QED) is 0.812. The van der Waals surface area contributed by atoms with Crippen LogP contribution in [0.15, 0.2) is 12.1 Å². The Labute approximate surface area is 119 Å². The summed E-state index contributed by atoms with van der Waals surface area (Å²) in [5.74, 6) is -0.152. The topological polar surface area (TPSA) is 40.5 Å². The number of carbonyl (C=O) groups is 1. The second kappa shape index (κ2) is 5.92. The number of phenols is 1. The van der Waals surface area contributed by atoms with E-state index in [9.17, 15) is 14.3 Å².